The zero-order valence-corrected chi connectivity index (χ0v) is 63.2. The number of carbonyl (C=O) groups is 12. The number of alkyl halides is 6. The number of nitrogens with one attached hydrogen (secondary N) is 3. The van der Waals surface area contributed by atoms with Crippen LogP contribution in [0.4, 0.5) is 26.3 Å². The summed E-state index contributed by atoms with van der Waals surface area (Å²) in [5.74, 6) is -9.92. The predicted octanol–water partition coefficient (Wildman–Crippen LogP) is 6.37. The first-order valence-corrected chi connectivity index (χ1v) is 36.9. The molecule has 12 amide bonds. The Labute approximate surface area is 612 Å². The molecule has 5 fully saturated rings. The first-order valence-electron chi connectivity index (χ1n) is 36.9. The van der Waals surface area contributed by atoms with Gasteiger partial charge in [0.1, 0.15) is 59.9 Å². The van der Waals surface area contributed by atoms with E-state index >= 15 is 24.0 Å². The number of carbonyl (C=O) groups excluding carboxylic acids is 12. The second-order valence-corrected chi connectivity index (χ2v) is 30.1. The van der Waals surface area contributed by atoms with Crippen molar-refractivity contribution in [1.29, 1.82) is 0 Å². The number of amides is 12. The third kappa shape index (κ3) is 19.6. The van der Waals surface area contributed by atoms with Crippen molar-refractivity contribution < 1.29 is 83.9 Å². The summed E-state index contributed by atoms with van der Waals surface area (Å²) in [6, 6.07) is -4.79. The van der Waals surface area contributed by atoms with Gasteiger partial charge in [-0.3, -0.25) is 57.5 Å². The van der Waals surface area contributed by atoms with Gasteiger partial charge in [-0.15, -0.1) is 0 Å². The Bertz CT molecular complexity index is 3510. The second kappa shape index (κ2) is 35.4. The van der Waals surface area contributed by atoms with Crippen molar-refractivity contribution in [1.82, 2.24) is 60.0 Å². The molecule has 105 heavy (non-hydrogen) atoms. The van der Waals surface area contributed by atoms with Crippen LogP contribution < -0.4 is 16.0 Å². The van der Waals surface area contributed by atoms with Crippen LogP contribution in [-0.4, -0.2) is 250 Å². The minimum atomic E-state index is -4.74. The molecule has 0 aromatic heterocycles. The Kier molecular flexibility index (Phi) is 28.3. The maximum Gasteiger partial charge on any atom is 0.416 e. The van der Waals surface area contributed by atoms with Gasteiger partial charge >= 0.3 is 12.4 Å². The molecule has 1 saturated carbocycles. The minimum absolute atomic E-state index is 0.0159. The highest BCUT2D eigenvalue weighted by Crippen LogP contribution is 2.37. The number of likely N-dealkylation sites (N-methyl/N-ethyl adjacent to an activating group) is 6. The Morgan fingerprint density at radius 3 is 1.76 bits per heavy atom. The highest BCUT2D eigenvalue weighted by molar-refractivity contribution is 6.01. The number of halogens is 6. The molecule has 1 aliphatic carbocycles. The van der Waals surface area contributed by atoms with Crippen LogP contribution >= 0.6 is 0 Å². The summed E-state index contributed by atoms with van der Waals surface area (Å²) in [6.07, 6.45) is -6.62. The Morgan fingerprint density at radius 1 is 0.590 bits per heavy atom. The quantitative estimate of drug-likeness (QED) is 0.185. The highest BCUT2D eigenvalue weighted by Gasteiger charge is 2.52. The number of benzene rings is 2. The van der Waals surface area contributed by atoms with E-state index in [4.69, 9.17) is 0 Å². The molecule has 2 aromatic carbocycles. The van der Waals surface area contributed by atoms with E-state index in [1.807, 2.05) is 20.8 Å². The van der Waals surface area contributed by atoms with Crippen molar-refractivity contribution in [3.8, 4) is 0 Å². The molecule has 0 bridgehead atoms. The molecule has 5 aliphatic rings. The lowest BCUT2D eigenvalue weighted by atomic mass is 9.90. The van der Waals surface area contributed by atoms with E-state index in [9.17, 15) is 59.9 Å². The molecule has 4 heterocycles. The van der Waals surface area contributed by atoms with E-state index in [2.05, 4.69) is 16.0 Å². The van der Waals surface area contributed by atoms with Crippen LogP contribution in [0.5, 0.6) is 0 Å². The number of fused-ring (bicyclic) bond motifs is 2. The van der Waals surface area contributed by atoms with Gasteiger partial charge in [0.05, 0.1) is 24.1 Å². The van der Waals surface area contributed by atoms with Crippen LogP contribution in [0.3, 0.4) is 0 Å². The number of hydrogen-bond acceptors (Lipinski definition) is 12. The van der Waals surface area contributed by atoms with Crippen molar-refractivity contribution in [3.05, 3.63) is 70.3 Å². The fourth-order valence-electron chi connectivity index (χ4n) is 15.1. The lowest BCUT2D eigenvalue weighted by molar-refractivity contribution is -0.160. The van der Waals surface area contributed by atoms with E-state index in [1.54, 1.807) is 25.7 Å². The summed E-state index contributed by atoms with van der Waals surface area (Å²) in [6.45, 7) is 13.5. The summed E-state index contributed by atoms with van der Waals surface area (Å²) in [4.78, 5) is 191. The molecule has 4 saturated heterocycles. The summed E-state index contributed by atoms with van der Waals surface area (Å²) < 4.78 is 83.5. The van der Waals surface area contributed by atoms with E-state index in [0.29, 0.717) is 63.6 Å². The molecule has 4 aliphatic heterocycles. The van der Waals surface area contributed by atoms with E-state index < -0.39 is 186 Å². The lowest BCUT2D eigenvalue weighted by Gasteiger charge is -2.45. The largest absolute Gasteiger partial charge is 0.416 e. The monoisotopic (exact) mass is 1480 g/mol. The van der Waals surface area contributed by atoms with Crippen molar-refractivity contribution in [2.45, 2.75) is 237 Å². The van der Waals surface area contributed by atoms with Gasteiger partial charge in [0.15, 0.2) is 0 Å². The van der Waals surface area contributed by atoms with Gasteiger partial charge in [-0.25, -0.2) is 0 Å². The van der Waals surface area contributed by atoms with Gasteiger partial charge in [0.2, 0.25) is 70.9 Å². The summed E-state index contributed by atoms with van der Waals surface area (Å²) >= 11 is 0. The number of nitrogens with zero attached hydrogens (tertiary/aromatic N) is 9. The van der Waals surface area contributed by atoms with Gasteiger partial charge in [-0.05, 0) is 137 Å². The minimum Gasteiger partial charge on any atom is -0.343 e. The number of likely N-dealkylation sites (tertiary alicyclic amines) is 1. The standard InChI is InChI=1S/C75H108F6N12O12/c1-15-45(5)61-70(103)86(10)48(8)65(98)93-39-33-56(93)68(101)88(12)57(41-50-24-28-51(29-25-50)74(76,77)78)67(100)85(9)43-59(94)82-53(31-27-49-26-30-52(47(7)40-49)75(79,80)81)66(99)92-38-21-22-55(92)64(97)84-73(34-17-18-35-73)72(105)90(14)62(46(6)16-2)71(104)89(13)58(69(102)91-36-19-20-37-91)42-60(95)87(11)54(63(96)83-61)32-23-44(3)4/h24-26,28-30,40,44-46,48,53-58,61-62H,15-23,27,31-39,41-43H2,1-14H3,(H,82,94)(H,83,96)(H,84,97)/t45-,46-,48-,53-,54-,55-,56-,57-,58-,61-,62-/m0/s1. The molecule has 7 rings (SSSR count). The van der Waals surface area contributed by atoms with Crippen molar-refractivity contribution >= 4 is 70.9 Å². The highest BCUT2D eigenvalue weighted by atomic mass is 19.4. The average Bonchev–Trinajstić information content (AvgIpc) is 1.71. The van der Waals surface area contributed by atoms with Crippen LogP contribution in [0.2, 0.25) is 0 Å². The van der Waals surface area contributed by atoms with Gasteiger partial charge in [-0.2, -0.15) is 26.3 Å². The summed E-state index contributed by atoms with van der Waals surface area (Å²) in [5.41, 5.74) is -3.12. The molecule has 30 heteroatoms. The molecular weight excluding hydrogens is 1370 g/mol. The summed E-state index contributed by atoms with van der Waals surface area (Å²) in [5, 5.41) is 8.60. The van der Waals surface area contributed by atoms with Gasteiger partial charge in [0, 0.05) is 74.9 Å². The topological polar surface area (TPSA) is 270 Å². The average molecular weight is 1480 g/mol. The second-order valence-electron chi connectivity index (χ2n) is 30.1. The SMILES string of the molecule is CC[C@H](C)[C@@H]1NC(=O)[C@H](CCC(C)C)N(C)C(=O)C[C@@H](C(=O)N2CCCC2)N(C)C(=O)[C@H]([C@@H](C)CC)N(C)C(=O)C2(CCCC2)NC(=O)[C@@H]2CCCN2C(=O)[C@H](CCc2ccc(C(F)(F)F)c(C)c2)NC(=O)CN(C)C(=O)[C@H](Cc2ccc(C(F)(F)F)cc2)N(C)C(=O)[C@@H]2CCN2C(=O)[C@H](C)N(C)C1=O. The molecule has 0 unspecified atom stereocenters. The Balaban J connectivity index is 1.31. The number of rotatable bonds is 13. The Morgan fingerprint density at radius 2 is 1.20 bits per heavy atom. The van der Waals surface area contributed by atoms with Crippen molar-refractivity contribution in [2.24, 2.45) is 17.8 Å². The van der Waals surface area contributed by atoms with Crippen molar-refractivity contribution in [2.75, 3.05) is 75.0 Å². The summed E-state index contributed by atoms with van der Waals surface area (Å²) in [7, 11) is 8.08. The third-order valence-electron chi connectivity index (χ3n) is 22.5. The van der Waals surface area contributed by atoms with E-state index in [-0.39, 0.29) is 81.5 Å². The zero-order valence-electron chi connectivity index (χ0n) is 63.2. The molecule has 24 nitrogen and oxygen atoms in total. The lowest BCUT2D eigenvalue weighted by Crippen LogP contribution is -2.65. The van der Waals surface area contributed by atoms with Crippen LogP contribution in [0.25, 0.3) is 0 Å². The van der Waals surface area contributed by atoms with Crippen molar-refractivity contribution in [3.63, 3.8) is 0 Å². The first kappa shape index (κ1) is 83.9. The smallest absolute Gasteiger partial charge is 0.343 e. The first-order chi connectivity index (χ1) is 49.2. The zero-order chi connectivity index (χ0) is 78.1. The van der Waals surface area contributed by atoms with Crippen LogP contribution in [0, 0.1) is 24.7 Å². The van der Waals surface area contributed by atoms with E-state index in [0.717, 1.165) is 45.0 Å². The molecule has 3 N–H and O–H groups in total. The molecular formula is C75H108F6N12O12. The van der Waals surface area contributed by atoms with Crippen LogP contribution in [0.15, 0.2) is 42.5 Å². The molecule has 1 spiro atoms. The Hall–Kier alpha value is -8.34. The number of hydrogen-bond donors (Lipinski definition) is 3. The molecule has 11 atom stereocenters. The van der Waals surface area contributed by atoms with E-state index in [1.165, 1.54) is 92.8 Å². The number of aryl methyl sites for hydroxylation is 2. The third-order valence-corrected chi connectivity index (χ3v) is 22.5. The molecule has 0 radical (unpaired) electrons. The van der Waals surface area contributed by atoms with Gasteiger partial charge in [0.25, 0.3) is 0 Å². The van der Waals surface area contributed by atoms with Gasteiger partial charge in [-0.1, -0.05) is 91.5 Å². The maximum absolute atomic E-state index is 15.5. The normalized spacial score (nSPS) is 26.3. The maximum atomic E-state index is 15.5. The van der Waals surface area contributed by atoms with Crippen LogP contribution in [-0.2, 0) is 82.7 Å². The molecule has 582 valence electrons. The fourth-order valence-corrected chi connectivity index (χ4v) is 15.1. The van der Waals surface area contributed by atoms with Gasteiger partial charge < -0.3 is 60.0 Å². The predicted molar refractivity (Wildman–Crippen MR) is 377 cm³/mol. The van der Waals surface area contributed by atoms with Crippen LogP contribution in [0.1, 0.15) is 173 Å². The fraction of sp³-hybridized carbons (Fsp3) is 0.680. The molecule has 2 aromatic rings.